The van der Waals surface area contributed by atoms with E-state index in [4.69, 9.17) is 11.4 Å². The Morgan fingerprint density at radius 1 is 1.17 bits per heavy atom. The van der Waals surface area contributed by atoms with Gasteiger partial charge in [0.2, 0.25) is 5.95 Å². The molecule has 2 aliphatic heterocycles. The fraction of sp³-hybridized carbons (Fsp3) is 0.462. The molecule has 0 aromatic carbocycles. The summed E-state index contributed by atoms with van der Waals surface area (Å²) in [6, 6.07) is 6.00. The molecule has 0 bridgehead atoms. The molecule has 1 saturated heterocycles. The molecule has 2 N–H and O–H groups in total. The van der Waals surface area contributed by atoms with Crippen LogP contribution in [0.3, 0.4) is 0 Å². The molecular weight excluding hydrogens is 440 g/mol. The van der Waals surface area contributed by atoms with Gasteiger partial charge < -0.3 is 20.1 Å². The zero-order chi connectivity index (χ0) is 24.0. The molecule has 35 heavy (non-hydrogen) atoms. The lowest BCUT2D eigenvalue weighted by Gasteiger charge is -2.42. The maximum atomic E-state index is 12.7. The highest BCUT2D eigenvalue weighted by Gasteiger charge is 2.41. The van der Waals surface area contributed by atoms with Gasteiger partial charge in [-0.05, 0) is 38.1 Å². The van der Waals surface area contributed by atoms with E-state index in [0.717, 1.165) is 62.0 Å². The fourth-order valence-corrected chi connectivity index (χ4v) is 5.77. The summed E-state index contributed by atoms with van der Waals surface area (Å²) in [4.78, 5) is 31.1. The number of aromatic nitrogens is 4. The van der Waals surface area contributed by atoms with Crippen molar-refractivity contribution in [1.82, 2.24) is 29.7 Å². The van der Waals surface area contributed by atoms with Crippen LogP contribution < -0.4 is 15.5 Å². The summed E-state index contributed by atoms with van der Waals surface area (Å²) in [6.45, 7) is 3.28. The molecule has 3 aliphatic rings. The number of pyridine rings is 1. The van der Waals surface area contributed by atoms with Gasteiger partial charge >= 0.3 is 0 Å². The fourth-order valence-electron chi connectivity index (χ4n) is 5.77. The number of anilines is 3. The highest BCUT2D eigenvalue weighted by molar-refractivity contribution is 5.99. The highest BCUT2D eigenvalue weighted by atomic mass is 16.2. The number of fused-ring (bicyclic) bond motifs is 4. The molecule has 1 spiro atoms. The van der Waals surface area contributed by atoms with Gasteiger partial charge in [0.05, 0.1) is 23.5 Å². The van der Waals surface area contributed by atoms with E-state index in [1.807, 2.05) is 24.4 Å². The minimum absolute atomic E-state index is 0.0399. The minimum atomic E-state index is -0.104. The number of carbonyl (C=O) groups is 1. The molecular formula is C26H30N8O. The van der Waals surface area contributed by atoms with Crippen molar-refractivity contribution in [3.63, 3.8) is 0 Å². The van der Waals surface area contributed by atoms with Crippen molar-refractivity contribution in [3.8, 4) is 12.3 Å². The second-order valence-corrected chi connectivity index (χ2v) is 9.94. The number of nitrogens with one attached hydrogen (secondary N) is 2. The van der Waals surface area contributed by atoms with Crippen LogP contribution >= 0.6 is 0 Å². The van der Waals surface area contributed by atoms with Crippen molar-refractivity contribution in [2.45, 2.75) is 43.7 Å². The van der Waals surface area contributed by atoms with Crippen LogP contribution in [0.5, 0.6) is 0 Å². The van der Waals surface area contributed by atoms with Crippen LogP contribution in [0, 0.1) is 12.3 Å². The van der Waals surface area contributed by atoms with Crippen LogP contribution in [0.1, 0.15) is 42.6 Å². The molecule has 1 saturated carbocycles. The summed E-state index contributed by atoms with van der Waals surface area (Å²) in [6.07, 6.45) is 15.0. The van der Waals surface area contributed by atoms with E-state index >= 15 is 0 Å². The molecule has 3 aromatic rings. The van der Waals surface area contributed by atoms with Crippen molar-refractivity contribution in [3.05, 3.63) is 36.3 Å². The SMILES string of the molecule is C#C[C@@H]1CN(c2ccc(Nc3ncc4cc5n(c4n3)C3(CCCCC3)CNC5=O)nc2)CCN1C. The molecule has 1 atom stereocenters. The van der Waals surface area contributed by atoms with E-state index < -0.39 is 0 Å². The van der Waals surface area contributed by atoms with Crippen LogP contribution in [0.25, 0.3) is 11.0 Å². The van der Waals surface area contributed by atoms with Crippen molar-refractivity contribution >= 4 is 34.4 Å². The highest BCUT2D eigenvalue weighted by Crippen LogP contribution is 2.40. The summed E-state index contributed by atoms with van der Waals surface area (Å²) in [5.74, 6) is 3.97. The number of hydrogen-bond donors (Lipinski definition) is 2. The van der Waals surface area contributed by atoms with Gasteiger partial charge in [0, 0.05) is 37.8 Å². The number of likely N-dealkylation sites (N-methyl/N-ethyl adjacent to an activating group) is 1. The zero-order valence-electron chi connectivity index (χ0n) is 20.0. The van der Waals surface area contributed by atoms with Gasteiger partial charge in [-0.15, -0.1) is 6.42 Å². The number of piperazine rings is 1. The molecule has 1 aliphatic carbocycles. The number of amides is 1. The molecule has 180 valence electrons. The molecule has 1 amide bonds. The minimum Gasteiger partial charge on any atom is -0.366 e. The van der Waals surface area contributed by atoms with Crippen LogP contribution in [0.15, 0.2) is 30.6 Å². The Bertz CT molecular complexity index is 1300. The third-order valence-electron chi connectivity index (χ3n) is 7.80. The summed E-state index contributed by atoms with van der Waals surface area (Å²) in [7, 11) is 2.06. The Morgan fingerprint density at radius 2 is 2.03 bits per heavy atom. The van der Waals surface area contributed by atoms with Crippen LogP contribution in [0.4, 0.5) is 17.5 Å². The Kier molecular flexibility index (Phi) is 5.33. The Morgan fingerprint density at radius 3 is 2.80 bits per heavy atom. The zero-order valence-corrected chi connectivity index (χ0v) is 20.0. The summed E-state index contributed by atoms with van der Waals surface area (Å²) in [5, 5.41) is 7.23. The van der Waals surface area contributed by atoms with Gasteiger partial charge in [0.15, 0.2) is 0 Å². The number of hydrogen-bond acceptors (Lipinski definition) is 7. The number of rotatable bonds is 3. The number of terminal acetylenes is 1. The number of nitrogens with zero attached hydrogens (tertiary/aromatic N) is 6. The molecule has 0 radical (unpaired) electrons. The third-order valence-corrected chi connectivity index (χ3v) is 7.80. The van der Waals surface area contributed by atoms with E-state index in [1.54, 1.807) is 6.20 Å². The molecule has 5 heterocycles. The first-order valence-electron chi connectivity index (χ1n) is 12.4. The molecule has 9 nitrogen and oxygen atoms in total. The van der Waals surface area contributed by atoms with E-state index in [-0.39, 0.29) is 17.5 Å². The maximum Gasteiger partial charge on any atom is 0.268 e. The first-order valence-corrected chi connectivity index (χ1v) is 12.4. The second-order valence-electron chi connectivity index (χ2n) is 9.94. The summed E-state index contributed by atoms with van der Waals surface area (Å²) < 4.78 is 2.18. The second kappa shape index (κ2) is 8.54. The maximum absolute atomic E-state index is 12.7. The predicted octanol–water partition coefficient (Wildman–Crippen LogP) is 2.73. The van der Waals surface area contributed by atoms with Gasteiger partial charge in [-0.3, -0.25) is 9.69 Å². The topological polar surface area (TPSA) is 91.2 Å². The Hall–Kier alpha value is -3.64. The normalized spacial score (nSPS) is 22.0. The Labute approximate surface area is 204 Å². The van der Waals surface area contributed by atoms with Crippen LogP contribution in [-0.2, 0) is 5.54 Å². The third kappa shape index (κ3) is 3.78. The Balaban J connectivity index is 1.27. The van der Waals surface area contributed by atoms with E-state index in [2.05, 4.69) is 47.9 Å². The van der Waals surface area contributed by atoms with Gasteiger partial charge in [-0.1, -0.05) is 25.2 Å². The van der Waals surface area contributed by atoms with Gasteiger partial charge in [-0.2, -0.15) is 4.98 Å². The molecule has 3 aromatic heterocycles. The van der Waals surface area contributed by atoms with E-state index in [1.165, 1.54) is 6.42 Å². The largest absolute Gasteiger partial charge is 0.366 e. The van der Waals surface area contributed by atoms with Crippen molar-refractivity contribution in [2.24, 2.45) is 0 Å². The molecule has 2 fully saturated rings. The van der Waals surface area contributed by atoms with Crippen molar-refractivity contribution in [2.75, 3.05) is 43.4 Å². The van der Waals surface area contributed by atoms with Gasteiger partial charge in [0.25, 0.3) is 5.91 Å². The quantitative estimate of drug-likeness (QED) is 0.569. The molecule has 6 rings (SSSR count). The van der Waals surface area contributed by atoms with Crippen molar-refractivity contribution < 1.29 is 4.79 Å². The van der Waals surface area contributed by atoms with E-state index in [0.29, 0.717) is 24.0 Å². The molecule has 9 heteroatoms. The average Bonchev–Trinajstić information content (AvgIpc) is 3.29. The standard InChI is InChI=1S/C26H30N8O/c1-3-19-16-33(12-11-32(19)2)20-7-8-22(27-15-20)30-25-28-14-18-13-21-24(35)29-17-26(9-5-4-6-10-26)34(21)23(18)31-25/h1,7-8,13-15,19H,4-6,9-12,16-17H2,2H3,(H,29,35)(H,27,28,30,31)/t19-/m1/s1. The smallest absolute Gasteiger partial charge is 0.268 e. The number of carbonyl (C=O) groups excluding carboxylic acids is 1. The van der Waals surface area contributed by atoms with Gasteiger partial charge in [0.1, 0.15) is 17.2 Å². The lowest BCUT2D eigenvalue weighted by Crippen LogP contribution is -2.52. The van der Waals surface area contributed by atoms with Gasteiger partial charge in [-0.25, -0.2) is 9.97 Å². The lowest BCUT2D eigenvalue weighted by atomic mass is 9.80. The van der Waals surface area contributed by atoms with Crippen LogP contribution in [-0.4, -0.2) is 69.6 Å². The van der Waals surface area contributed by atoms with Crippen LogP contribution in [0.2, 0.25) is 0 Å². The average molecular weight is 471 g/mol. The first kappa shape index (κ1) is 21.9. The first-order chi connectivity index (χ1) is 17.1. The summed E-state index contributed by atoms with van der Waals surface area (Å²) >= 11 is 0. The monoisotopic (exact) mass is 470 g/mol. The predicted molar refractivity (Wildman–Crippen MR) is 136 cm³/mol. The lowest BCUT2D eigenvalue weighted by molar-refractivity contribution is 0.0833. The van der Waals surface area contributed by atoms with E-state index in [9.17, 15) is 4.79 Å². The molecule has 0 unspecified atom stereocenters. The van der Waals surface area contributed by atoms with Crippen molar-refractivity contribution in [1.29, 1.82) is 0 Å². The summed E-state index contributed by atoms with van der Waals surface area (Å²) in [5.41, 5.74) is 2.43.